The molecule has 4 heteroatoms. The van der Waals surface area contributed by atoms with Crippen LogP contribution in [0.2, 0.25) is 0 Å². The molecule has 2 heterocycles. The Hall–Kier alpha value is -7.14. The van der Waals surface area contributed by atoms with Gasteiger partial charge in [0.05, 0.1) is 16.4 Å². The van der Waals surface area contributed by atoms with E-state index >= 15 is 0 Å². The minimum absolute atomic E-state index is 0.0789. The van der Waals surface area contributed by atoms with Gasteiger partial charge in [-0.2, -0.15) is 0 Å². The van der Waals surface area contributed by atoms with Crippen molar-refractivity contribution in [1.82, 2.24) is 14.8 Å². The summed E-state index contributed by atoms with van der Waals surface area (Å²) in [5.74, 6) is 0. The molecule has 1 aliphatic carbocycles. The highest BCUT2D eigenvalue weighted by Gasteiger charge is 2.41. The molecule has 0 amide bonds. The van der Waals surface area contributed by atoms with Gasteiger partial charge in [0.1, 0.15) is 10.0 Å². The third-order valence-corrected chi connectivity index (χ3v) is 14.4. The van der Waals surface area contributed by atoms with Crippen LogP contribution in [0.15, 0.2) is 200 Å². The quantitative estimate of drug-likeness (QED) is 0.129. The molecule has 298 valence electrons. The Kier molecular flexibility index (Phi) is 9.40. The molecule has 1 aliphatic rings. The molecule has 0 bridgehead atoms. The van der Waals surface area contributed by atoms with Gasteiger partial charge in [-0.05, 0) is 93.3 Å². The minimum atomic E-state index is -0.490. The first-order chi connectivity index (χ1) is 30.6. The zero-order valence-corrected chi connectivity index (χ0v) is 35.7. The molecule has 0 fully saturated rings. The summed E-state index contributed by atoms with van der Waals surface area (Å²) in [7, 11) is 0. The number of fused-ring (bicyclic) bond motifs is 6. The lowest BCUT2D eigenvalue weighted by molar-refractivity contribution is 0.490. The van der Waals surface area contributed by atoms with Crippen LogP contribution in [0.1, 0.15) is 70.6 Å². The molecule has 10 aromatic rings. The number of hydrogen-bond donors (Lipinski definition) is 0. The Morgan fingerprint density at radius 3 is 1.56 bits per heavy atom. The smallest absolute Gasteiger partial charge is 0.148 e. The van der Waals surface area contributed by atoms with Crippen molar-refractivity contribution in [3.63, 3.8) is 0 Å². The van der Waals surface area contributed by atoms with Crippen LogP contribution in [0.3, 0.4) is 0 Å². The molecule has 8 aromatic carbocycles. The van der Waals surface area contributed by atoms with Gasteiger partial charge in [0, 0.05) is 27.4 Å². The van der Waals surface area contributed by atoms with Gasteiger partial charge in [-0.3, -0.25) is 0 Å². The first-order valence-electron chi connectivity index (χ1n) is 21.7. The lowest BCUT2D eigenvalue weighted by atomic mass is 9.65. The van der Waals surface area contributed by atoms with Gasteiger partial charge in [-0.1, -0.05) is 207 Å². The lowest BCUT2D eigenvalue weighted by Crippen LogP contribution is -2.30. The maximum Gasteiger partial charge on any atom is 0.148 e. The molecule has 0 unspecified atom stereocenters. The molecule has 62 heavy (non-hydrogen) atoms. The second-order valence-corrected chi connectivity index (χ2v) is 17.4. The van der Waals surface area contributed by atoms with Crippen molar-refractivity contribution in [2.45, 2.75) is 37.5 Å². The molecule has 2 aromatic heterocycles. The van der Waals surface area contributed by atoms with E-state index in [1.807, 2.05) is 0 Å². The summed E-state index contributed by atoms with van der Waals surface area (Å²) in [5, 5.41) is 13.7. The highest BCUT2D eigenvalue weighted by Crippen LogP contribution is 2.54. The van der Waals surface area contributed by atoms with E-state index in [4.69, 9.17) is 0 Å². The second-order valence-electron chi connectivity index (χ2n) is 16.4. The van der Waals surface area contributed by atoms with Crippen LogP contribution < -0.4 is 0 Å². The Labute approximate surface area is 367 Å². The normalized spacial score (nSPS) is 13.2. The molecule has 0 aliphatic heterocycles. The topological polar surface area (TPSA) is 30.7 Å². The van der Waals surface area contributed by atoms with E-state index < -0.39 is 5.41 Å². The van der Waals surface area contributed by atoms with Crippen LogP contribution in [-0.4, -0.2) is 14.8 Å². The monoisotopic (exact) mass is 815 g/mol. The van der Waals surface area contributed by atoms with Crippen LogP contribution in [-0.2, 0) is 10.8 Å². The van der Waals surface area contributed by atoms with E-state index in [1.54, 1.807) is 11.3 Å². The SMILES string of the molecule is CCC1(CC)c2cc(/C=C/c3nnc(-c4ccc(C(c5ccccc5)(c5ccccc5)c5ccccc5)cc4)s3)ccc2-c2ccc(-n3c4ccccc4c4ccccc43)cc21. The largest absolute Gasteiger partial charge is 0.309 e. The van der Waals surface area contributed by atoms with Crippen molar-refractivity contribution in [3.8, 4) is 27.4 Å². The fourth-order valence-electron chi connectivity index (χ4n) is 10.5. The Bertz CT molecular complexity index is 3100. The molecular weight excluding hydrogens is 771 g/mol. The minimum Gasteiger partial charge on any atom is -0.309 e. The highest BCUT2D eigenvalue weighted by atomic mass is 32.1. The fraction of sp³-hybridized carbons (Fsp3) is 0.103. The van der Waals surface area contributed by atoms with E-state index in [0.29, 0.717) is 0 Å². The predicted molar refractivity (Wildman–Crippen MR) is 260 cm³/mol. The maximum atomic E-state index is 4.68. The molecule has 3 nitrogen and oxygen atoms in total. The molecule has 0 spiro atoms. The maximum absolute atomic E-state index is 4.68. The Morgan fingerprint density at radius 2 is 1.00 bits per heavy atom. The molecular formula is C58H45N3S. The third-order valence-electron chi connectivity index (χ3n) is 13.5. The van der Waals surface area contributed by atoms with Crippen molar-refractivity contribution in [2.75, 3.05) is 0 Å². The zero-order chi connectivity index (χ0) is 41.7. The van der Waals surface area contributed by atoms with Gasteiger partial charge >= 0.3 is 0 Å². The summed E-state index contributed by atoms with van der Waals surface area (Å²) in [4.78, 5) is 0. The van der Waals surface area contributed by atoms with Gasteiger partial charge < -0.3 is 4.57 Å². The predicted octanol–water partition coefficient (Wildman–Crippen LogP) is 14.9. The van der Waals surface area contributed by atoms with Crippen LogP contribution in [0.5, 0.6) is 0 Å². The average molecular weight is 816 g/mol. The molecule has 0 atom stereocenters. The first kappa shape index (κ1) is 37.8. The lowest BCUT2D eigenvalue weighted by Gasteiger charge is -2.36. The van der Waals surface area contributed by atoms with Gasteiger partial charge in [-0.15, -0.1) is 10.2 Å². The summed E-state index contributed by atoms with van der Waals surface area (Å²) in [6.45, 7) is 4.69. The van der Waals surface area contributed by atoms with E-state index in [9.17, 15) is 0 Å². The van der Waals surface area contributed by atoms with E-state index in [-0.39, 0.29) is 5.41 Å². The summed E-state index contributed by atoms with van der Waals surface area (Å²) < 4.78 is 2.44. The third kappa shape index (κ3) is 5.93. The highest BCUT2D eigenvalue weighted by molar-refractivity contribution is 7.15. The Balaban J connectivity index is 0.904. The molecule has 0 N–H and O–H groups in total. The van der Waals surface area contributed by atoms with Crippen molar-refractivity contribution in [2.24, 2.45) is 0 Å². The number of hydrogen-bond acceptors (Lipinski definition) is 3. The van der Waals surface area contributed by atoms with Crippen molar-refractivity contribution >= 4 is 45.3 Å². The van der Waals surface area contributed by atoms with E-state index in [1.165, 1.54) is 77.6 Å². The van der Waals surface area contributed by atoms with E-state index in [2.05, 4.69) is 241 Å². The van der Waals surface area contributed by atoms with Gasteiger partial charge in [-0.25, -0.2) is 0 Å². The zero-order valence-electron chi connectivity index (χ0n) is 34.9. The summed E-state index contributed by atoms with van der Waals surface area (Å²) in [6, 6.07) is 73.1. The second kappa shape index (κ2) is 15.4. The standard InChI is InChI=1S/C58H45N3S/c1-3-57(4-2)51-38-40(28-35-47(51)48-36-34-46(39-52(48)57)61-53-26-16-14-24-49(53)50-25-15-17-27-54(50)61)29-37-55-59-60-56(62-55)41-30-32-45(33-31-41)58(42-18-8-5-9-19-42,43-20-10-6-11-21-43)44-22-12-7-13-23-44/h5-39H,3-4H2,1-2H3/b37-29+. The van der Waals surface area contributed by atoms with Crippen molar-refractivity contribution in [1.29, 1.82) is 0 Å². The average Bonchev–Trinajstić information content (AvgIpc) is 4.04. The van der Waals surface area contributed by atoms with E-state index in [0.717, 1.165) is 28.4 Å². The van der Waals surface area contributed by atoms with Gasteiger partial charge in [0.25, 0.3) is 0 Å². The number of para-hydroxylation sites is 2. The van der Waals surface area contributed by atoms with Crippen LogP contribution in [0, 0.1) is 0 Å². The first-order valence-corrected chi connectivity index (χ1v) is 22.5. The number of nitrogens with zero attached hydrogens (tertiary/aromatic N) is 3. The fourth-order valence-corrected chi connectivity index (χ4v) is 11.2. The molecule has 0 saturated heterocycles. The number of rotatable bonds is 10. The van der Waals surface area contributed by atoms with Gasteiger partial charge in [0.15, 0.2) is 0 Å². The number of benzene rings is 8. The Morgan fingerprint density at radius 1 is 0.500 bits per heavy atom. The summed E-state index contributed by atoms with van der Waals surface area (Å²) >= 11 is 1.62. The summed E-state index contributed by atoms with van der Waals surface area (Å²) in [6.07, 6.45) is 6.36. The molecule has 0 radical (unpaired) electrons. The van der Waals surface area contributed by atoms with Crippen LogP contribution in [0.4, 0.5) is 0 Å². The summed E-state index contributed by atoms with van der Waals surface area (Å²) in [5.41, 5.74) is 15.7. The van der Waals surface area contributed by atoms with Crippen LogP contribution in [0.25, 0.3) is 61.3 Å². The van der Waals surface area contributed by atoms with Crippen LogP contribution >= 0.6 is 11.3 Å². The molecule has 0 saturated carbocycles. The van der Waals surface area contributed by atoms with Crippen molar-refractivity contribution in [3.05, 3.63) is 244 Å². The van der Waals surface area contributed by atoms with Crippen molar-refractivity contribution < 1.29 is 0 Å². The van der Waals surface area contributed by atoms with Gasteiger partial charge in [0.2, 0.25) is 0 Å². The number of aromatic nitrogens is 3. The molecule has 11 rings (SSSR count).